The van der Waals surface area contributed by atoms with Crippen LogP contribution in [0.15, 0.2) is 24.3 Å². The maximum absolute atomic E-state index is 12.8. The van der Waals surface area contributed by atoms with Gasteiger partial charge in [-0.3, -0.25) is 9.59 Å². The van der Waals surface area contributed by atoms with Gasteiger partial charge in [0.15, 0.2) is 0 Å². The first kappa shape index (κ1) is 17.9. The number of hydrogen-bond donors (Lipinski definition) is 2. The van der Waals surface area contributed by atoms with Crippen molar-refractivity contribution in [3.05, 3.63) is 35.6 Å². The zero-order chi connectivity index (χ0) is 16.8. The van der Waals surface area contributed by atoms with E-state index in [2.05, 4.69) is 10.1 Å². The molecule has 0 bridgehead atoms. The molecule has 0 aliphatic rings. The maximum atomic E-state index is 12.8. The van der Waals surface area contributed by atoms with Gasteiger partial charge in [-0.2, -0.15) is 13.2 Å². The zero-order valence-electron chi connectivity index (χ0n) is 11.2. The average Bonchev–Trinajstić information content (AvgIpc) is 2.36. The van der Waals surface area contributed by atoms with E-state index in [1.807, 2.05) is 0 Å². The lowest BCUT2D eigenvalue weighted by Gasteiger charge is -2.17. The van der Waals surface area contributed by atoms with E-state index in [9.17, 15) is 27.2 Å². The molecule has 0 heterocycles. The Morgan fingerprint density at radius 2 is 1.82 bits per heavy atom. The zero-order valence-corrected chi connectivity index (χ0v) is 11.2. The lowest BCUT2D eigenvalue weighted by Crippen LogP contribution is -2.34. The molecule has 0 aliphatic carbocycles. The molecule has 22 heavy (non-hydrogen) atoms. The Bertz CT molecular complexity index is 516. The van der Waals surface area contributed by atoms with Gasteiger partial charge in [0.1, 0.15) is 19.0 Å². The van der Waals surface area contributed by atoms with Crippen molar-refractivity contribution in [2.45, 2.75) is 18.6 Å². The summed E-state index contributed by atoms with van der Waals surface area (Å²) in [6.07, 6.45) is -5.06. The fourth-order valence-corrected chi connectivity index (χ4v) is 1.62. The molecule has 1 unspecified atom stereocenters. The molecule has 5 nitrogen and oxygen atoms in total. The number of ether oxygens (including phenoxy) is 1. The SMILES string of the molecule is O=C(O)CC(NC(=O)COCC(F)(F)F)c1ccc(F)cc1. The van der Waals surface area contributed by atoms with Crippen LogP contribution in [-0.4, -0.2) is 36.4 Å². The minimum atomic E-state index is -4.56. The smallest absolute Gasteiger partial charge is 0.411 e. The Kier molecular flexibility index (Phi) is 6.29. The van der Waals surface area contributed by atoms with Crippen molar-refractivity contribution < 1.29 is 37.0 Å². The van der Waals surface area contributed by atoms with Gasteiger partial charge in [-0.25, -0.2) is 4.39 Å². The molecule has 0 aromatic heterocycles. The molecule has 0 spiro atoms. The van der Waals surface area contributed by atoms with Crippen LogP contribution >= 0.6 is 0 Å². The average molecular weight is 323 g/mol. The van der Waals surface area contributed by atoms with Crippen LogP contribution in [0.4, 0.5) is 17.6 Å². The molecule has 2 N–H and O–H groups in total. The van der Waals surface area contributed by atoms with Crippen LogP contribution in [0.3, 0.4) is 0 Å². The van der Waals surface area contributed by atoms with Crippen LogP contribution < -0.4 is 5.32 Å². The molecular weight excluding hydrogens is 310 g/mol. The number of carbonyl (C=O) groups excluding carboxylic acids is 1. The third-order valence-corrected chi connectivity index (χ3v) is 2.49. The van der Waals surface area contributed by atoms with Gasteiger partial charge in [0.2, 0.25) is 5.91 Å². The Labute approximate surface area is 122 Å². The van der Waals surface area contributed by atoms with Gasteiger partial charge in [0, 0.05) is 0 Å². The molecule has 9 heteroatoms. The van der Waals surface area contributed by atoms with Crippen LogP contribution in [0, 0.1) is 5.82 Å². The molecule has 1 rings (SSSR count). The number of carboxylic acid groups (broad SMARTS) is 1. The number of alkyl halides is 3. The minimum absolute atomic E-state index is 0.313. The number of aliphatic carboxylic acids is 1. The summed E-state index contributed by atoms with van der Waals surface area (Å²) < 4.78 is 52.6. The van der Waals surface area contributed by atoms with Crippen LogP contribution in [-0.2, 0) is 14.3 Å². The Balaban J connectivity index is 2.63. The van der Waals surface area contributed by atoms with Crippen molar-refractivity contribution in [2.75, 3.05) is 13.2 Å². The van der Waals surface area contributed by atoms with Gasteiger partial charge in [-0.15, -0.1) is 0 Å². The van der Waals surface area contributed by atoms with Crippen LogP contribution in [0.5, 0.6) is 0 Å². The lowest BCUT2D eigenvalue weighted by molar-refractivity contribution is -0.175. The molecule has 0 saturated carbocycles. The van der Waals surface area contributed by atoms with Crippen molar-refractivity contribution in [1.29, 1.82) is 0 Å². The van der Waals surface area contributed by atoms with Crippen molar-refractivity contribution in [2.24, 2.45) is 0 Å². The summed E-state index contributed by atoms with van der Waals surface area (Å²) in [5.41, 5.74) is 0.313. The number of benzene rings is 1. The second-order valence-electron chi connectivity index (χ2n) is 4.38. The first-order valence-corrected chi connectivity index (χ1v) is 6.08. The predicted octanol–water partition coefficient (Wildman–Crippen LogP) is 2.04. The fraction of sp³-hybridized carbons (Fsp3) is 0.385. The molecule has 0 aliphatic heterocycles. The number of hydrogen-bond acceptors (Lipinski definition) is 3. The molecule has 1 aromatic carbocycles. The van der Waals surface area contributed by atoms with Crippen molar-refractivity contribution in [3.63, 3.8) is 0 Å². The highest BCUT2D eigenvalue weighted by atomic mass is 19.4. The number of amides is 1. The van der Waals surface area contributed by atoms with Gasteiger partial charge >= 0.3 is 12.1 Å². The van der Waals surface area contributed by atoms with E-state index in [1.165, 1.54) is 12.1 Å². The number of nitrogens with one attached hydrogen (secondary N) is 1. The summed E-state index contributed by atoms with van der Waals surface area (Å²) in [5, 5.41) is 11.0. The van der Waals surface area contributed by atoms with Crippen molar-refractivity contribution in [3.8, 4) is 0 Å². The van der Waals surface area contributed by atoms with Gasteiger partial charge in [-0.1, -0.05) is 12.1 Å². The van der Waals surface area contributed by atoms with Crippen molar-refractivity contribution >= 4 is 11.9 Å². The highest BCUT2D eigenvalue weighted by Gasteiger charge is 2.28. The van der Waals surface area contributed by atoms with Crippen LogP contribution in [0.1, 0.15) is 18.0 Å². The van der Waals surface area contributed by atoms with Crippen LogP contribution in [0.2, 0.25) is 0 Å². The Morgan fingerprint density at radius 3 is 2.32 bits per heavy atom. The van der Waals surface area contributed by atoms with E-state index in [1.54, 1.807) is 0 Å². The maximum Gasteiger partial charge on any atom is 0.411 e. The standard InChI is InChI=1S/C13H13F4NO4/c14-9-3-1-8(2-4-9)10(5-12(20)21)18-11(19)6-22-7-13(15,16)17/h1-4,10H,5-7H2,(H,18,19)(H,20,21). The van der Waals surface area contributed by atoms with Gasteiger partial charge in [-0.05, 0) is 17.7 Å². The number of carboxylic acids is 1. The normalized spacial score (nSPS) is 12.7. The quantitative estimate of drug-likeness (QED) is 0.753. The number of rotatable bonds is 7. The minimum Gasteiger partial charge on any atom is -0.481 e. The van der Waals surface area contributed by atoms with E-state index < -0.39 is 49.5 Å². The van der Waals surface area contributed by atoms with Gasteiger partial charge in [0.05, 0.1) is 12.5 Å². The predicted molar refractivity (Wildman–Crippen MR) is 66.4 cm³/mol. The van der Waals surface area contributed by atoms with Crippen LogP contribution in [0.25, 0.3) is 0 Å². The topological polar surface area (TPSA) is 75.6 Å². The third kappa shape index (κ3) is 7.02. The summed E-state index contributed by atoms with van der Waals surface area (Å²) in [6, 6.07) is 3.71. The fourth-order valence-electron chi connectivity index (χ4n) is 1.62. The second kappa shape index (κ2) is 7.74. The summed E-state index contributed by atoms with van der Waals surface area (Å²) >= 11 is 0. The summed E-state index contributed by atoms with van der Waals surface area (Å²) in [7, 11) is 0. The summed E-state index contributed by atoms with van der Waals surface area (Å²) in [6.45, 7) is -2.45. The van der Waals surface area contributed by atoms with E-state index >= 15 is 0 Å². The largest absolute Gasteiger partial charge is 0.481 e. The van der Waals surface area contributed by atoms with E-state index in [0.29, 0.717) is 5.56 Å². The van der Waals surface area contributed by atoms with E-state index in [0.717, 1.165) is 12.1 Å². The highest BCUT2D eigenvalue weighted by Crippen LogP contribution is 2.18. The molecule has 0 saturated heterocycles. The molecule has 0 fully saturated rings. The number of halogens is 4. The molecule has 1 atom stereocenters. The van der Waals surface area contributed by atoms with Crippen molar-refractivity contribution in [1.82, 2.24) is 5.32 Å². The van der Waals surface area contributed by atoms with E-state index in [4.69, 9.17) is 5.11 Å². The lowest BCUT2D eigenvalue weighted by atomic mass is 10.0. The summed E-state index contributed by atoms with van der Waals surface area (Å²) in [5.74, 6) is -2.68. The Hall–Kier alpha value is -2.16. The third-order valence-electron chi connectivity index (χ3n) is 2.49. The molecule has 0 radical (unpaired) electrons. The van der Waals surface area contributed by atoms with Gasteiger partial charge in [0.25, 0.3) is 0 Å². The molecule has 1 aromatic rings. The first-order chi connectivity index (χ1) is 10.2. The highest BCUT2D eigenvalue weighted by molar-refractivity contribution is 5.78. The Morgan fingerprint density at radius 1 is 1.23 bits per heavy atom. The summed E-state index contributed by atoms with van der Waals surface area (Å²) in [4.78, 5) is 22.3. The molecule has 122 valence electrons. The van der Waals surface area contributed by atoms with Gasteiger partial charge < -0.3 is 15.2 Å². The second-order valence-corrected chi connectivity index (χ2v) is 4.38. The van der Waals surface area contributed by atoms with E-state index in [-0.39, 0.29) is 0 Å². The molecular formula is C13H13F4NO4. The molecule has 1 amide bonds. The first-order valence-electron chi connectivity index (χ1n) is 6.08. The number of carbonyl (C=O) groups is 2. The monoisotopic (exact) mass is 323 g/mol.